The minimum atomic E-state index is -0.539. The summed E-state index contributed by atoms with van der Waals surface area (Å²) in [5.74, 6) is -1.14. The number of carbonyl (C=O) groups excluding carboxylic acids is 3. The summed E-state index contributed by atoms with van der Waals surface area (Å²) < 4.78 is 0.926. The van der Waals surface area contributed by atoms with Crippen molar-refractivity contribution in [3.63, 3.8) is 0 Å². The molecule has 38 heavy (non-hydrogen) atoms. The molecule has 4 aromatic carbocycles. The van der Waals surface area contributed by atoms with Gasteiger partial charge in [-0.05, 0) is 77.9 Å². The summed E-state index contributed by atoms with van der Waals surface area (Å²) in [6, 6.07) is 29.7. The third-order valence-electron chi connectivity index (χ3n) is 5.44. The number of ketones is 1. The van der Waals surface area contributed by atoms with Crippen molar-refractivity contribution >= 4 is 63.0 Å². The summed E-state index contributed by atoms with van der Waals surface area (Å²) >= 11 is 9.69. The van der Waals surface area contributed by atoms with Crippen LogP contribution in [-0.2, 0) is 4.79 Å². The van der Waals surface area contributed by atoms with Crippen LogP contribution in [0.25, 0.3) is 12.2 Å². The van der Waals surface area contributed by atoms with Crippen LogP contribution in [0.4, 0.5) is 5.69 Å². The van der Waals surface area contributed by atoms with E-state index in [1.165, 1.54) is 12.2 Å². The summed E-state index contributed by atoms with van der Waals surface area (Å²) in [6.45, 7) is 0. The van der Waals surface area contributed by atoms with Crippen molar-refractivity contribution in [2.24, 2.45) is 0 Å². The number of hydrogen-bond acceptors (Lipinski definition) is 3. The van der Waals surface area contributed by atoms with Crippen LogP contribution in [0.3, 0.4) is 0 Å². The van der Waals surface area contributed by atoms with Gasteiger partial charge in [-0.15, -0.1) is 0 Å². The van der Waals surface area contributed by atoms with E-state index in [1.807, 2.05) is 24.3 Å². The topological polar surface area (TPSA) is 75.3 Å². The molecule has 0 aliphatic rings. The zero-order valence-electron chi connectivity index (χ0n) is 20.0. The molecule has 0 saturated carbocycles. The van der Waals surface area contributed by atoms with Gasteiger partial charge < -0.3 is 10.6 Å². The van der Waals surface area contributed by atoms with Crippen LogP contribution in [0.1, 0.15) is 31.8 Å². The molecule has 4 aromatic rings. The van der Waals surface area contributed by atoms with Gasteiger partial charge in [0.25, 0.3) is 11.8 Å². The largest absolute Gasteiger partial charge is 0.321 e. The maximum atomic E-state index is 13.2. The first-order chi connectivity index (χ1) is 18.4. The fourth-order valence-corrected chi connectivity index (χ4v) is 4.09. The van der Waals surface area contributed by atoms with Crippen LogP contribution in [-0.4, -0.2) is 17.6 Å². The van der Waals surface area contributed by atoms with Crippen LogP contribution in [0.5, 0.6) is 0 Å². The lowest BCUT2D eigenvalue weighted by atomic mass is 10.1. The van der Waals surface area contributed by atoms with Gasteiger partial charge in [0, 0.05) is 26.3 Å². The van der Waals surface area contributed by atoms with E-state index in [9.17, 15) is 14.4 Å². The first-order valence-corrected chi connectivity index (χ1v) is 12.8. The molecule has 0 radical (unpaired) electrons. The minimum absolute atomic E-state index is 0.0176. The molecule has 0 unspecified atom stereocenters. The average molecular weight is 586 g/mol. The first kappa shape index (κ1) is 26.8. The van der Waals surface area contributed by atoms with E-state index < -0.39 is 11.8 Å². The molecular formula is C31H22BrClN2O3. The summed E-state index contributed by atoms with van der Waals surface area (Å²) in [7, 11) is 0. The molecule has 0 bridgehead atoms. The molecule has 0 aliphatic heterocycles. The molecule has 0 fully saturated rings. The summed E-state index contributed by atoms with van der Waals surface area (Å²) in [4.78, 5) is 38.5. The fraction of sp³-hybridized carbons (Fsp3) is 0. The highest BCUT2D eigenvalue weighted by Gasteiger charge is 2.16. The van der Waals surface area contributed by atoms with Crippen molar-refractivity contribution in [1.82, 2.24) is 5.32 Å². The van der Waals surface area contributed by atoms with Gasteiger partial charge in [-0.3, -0.25) is 14.4 Å². The number of allylic oxidation sites excluding steroid dienone is 1. The maximum Gasteiger partial charge on any atom is 0.272 e. The number of carbonyl (C=O) groups is 3. The van der Waals surface area contributed by atoms with E-state index in [0.29, 0.717) is 27.4 Å². The van der Waals surface area contributed by atoms with Gasteiger partial charge in [0.05, 0.1) is 0 Å². The van der Waals surface area contributed by atoms with Gasteiger partial charge >= 0.3 is 0 Å². The number of anilines is 1. The Kier molecular flexibility index (Phi) is 9.03. The van der Waals surface area contributed by atoms with Crippen molar-refractivity contribution in [2.45, 2.75) is 0 Å². The van der Waals surface area contributed by atoms with Gasteiger partial charge in [0.1, 0.15) is 5.70 Å². The van der Waals surface area contributed by atoms with Gasteiger partial charge in [0.15, 0.2) is 5.78 Å². The third-order valence-corrected chi connectivity index (χ3v) is 6.27. The highest BCUT2D eigenvalue weighted by molar-refractivity contribution is 9.10. The molecule has 0 spiro atoms. The monoisotopic (exact) mass is 584 g/mol. The molecule has 0 heterocycles. The predicted molar refractivity (Wildman–Crippen MR) is 156 cm³/mol. The SMILES string of the molecule is O=C(Nc1ccc(C(=O)/C=C/c2cccc(Br)c2)cc1)/C(=C/c1ccccc1Cl)NC(=O)c1ccccc1. The van der Waals surface area contributed by atoms with Gasteiger partial charge in [0.2, 0.25) is 0 Å². The Balaban J connectivity index is 1.50. The van der Waals surface area contributed by atoms with Crippen molar-refractivity contribution in [2.75, 3.05) is 5.32 Å². The van der Waals surface area contributed by atoms with Gasteiger partial charge in [-0.1, -0.05) is 82.1 Å². The number of amides is 2. The molecule has 0 atom stereocenters. The molecule has 0 aliphatic carbocycles. The Morgan fingerprint density at radius 2 is 1.47 bits per heavy atom. The first-order valence-electron chi connectivity index (χ1n) is 11.6. The van der Waals surface area contributed by atoms with E-state index in [2.05, 4.69) is 26.6 Å². The Hall–Kier alpha value is -4.26. The molecule has 5 nitrogen and oxygen atoms in total. The van der Waals surface area contributed by atoms with Gasteiger partial charge in [-0.25, -0.2) is 0 Å². The highest BCUT2D eigenvalue weighted by atomic mass is 79.9. The van der Waals surface area contributed by atoms with Crippen LogP contribution in [0.15, 0.2) is 119 Å². The van der Waals surface area contributed by atoms with Crippen molar-refractivity contribution in [3.05, 3.63) is 147 Å². The molecule has 2 amide bonds. The lowest BCUT2D eigenvalue weighted by molar-refractivity contribution is -0.113. The summed E-state index contributed by atoms with van der Waals surface area (Å²) in [5, 5.41) is 5.88. The van der Waals surface area contributed by atoms with E-state index >= 15 is 0 Å². The van der Waals surface area contributed by atoms with Crippen molar-refractivity contribution in [1.29, 1.82) is 0 Å². The molecule has 0 aromatic heterocycles. The molecular weight excluding hydrogens is 564 g/mol. The summed E-state index contributed by atoms with van der Waals surface area (Å²) in [6.07, 6.45) is 4.76. The quantitative estimate of drug-likeness (QED) is 0.167. The second-order valence-electron chi connectivity index (χ2n) is 8.18. The van der Waals surface area contributed by atoms with Crippen LogP contribution >= 0.6 is 27.5 Å². The predicted octanol–water partition coefficient (Wildman–Crippen LogP) is 7.41. The Morgan fingerprint density at radius 3 is 2.18 bits per heavy atom. The minimum Gasteiger partial charge on any atom is -0.321 e. The lowest BCUT2D eigenvalue weighted by Crippen LogP contribution is -2.30. The smallest absolute Gasteiger partial charge is 0.272 e. The van der Waals surface area contributed by atoms with Crippen molar-refractivity contribution in [3.8, 4) is 0 Å². The normalized spacial score (nSPS) is 11.3. The summed E-state index contributed by atoms with van der Waals surface area (Å²) in [5.41, 5.74) is 2.83. The second kappa shape index (κ2) is 12.8. The van der Waals surface area contributed by atoms with Gasteiger partial charge in [-0.2, -0.15) is 0 Å². The zero-order chi connectivity index (χ0) is 26.9. The Labute approximate surface area is 234 Å². The van der Waals surface area contributed by atoms with Crippen LogP contribution in [0, 0.1) is 0 Å². The third kappa shape index (κ3) is 7.38. The molecule has 7 heteroatoms. The number of benzene rings is 4. The number of hydrogen-bond donors (Lipinski definition) is 2. The lowest BCUT2D eigenvalue weighted by Gasteiger charge is -2.12. The van der Waals surface area contributed by atoms with Crippen LogP contribution in [0.2, 0.25) is 5.02 Å². The molecule has 0 saturated heterocycles. The average Bonchev–Trinajstić information content (AvgIpc) is 2.93. The second-order valence-corrected chi connectivity index (χ2v) is 9.51. The number of rotatable bonds is 8. The Morgan fingerprint density at radius 1 is 0.763 bits per heavy atom. The maximum absolute atomic E-state index is 13.2. The molecule has 4 rings (SSSR count). The van der Waals surface area contributed by atoms with E-state index in [-0.39, 0.29) is 11.5 Å². The molecule has 188 valence electrons. The van der Waals surface area contributed by atoms with E-state index in [0.717, 1.165) is 10.0 Å². The van der Waals surface area contributed by atoms with E-state index in [4.69, 9.17) is 11.6 Å². The Bertz CT molecular complexity index is 1530. The van der Waals surface area contributed by atoms with Crippen LogP contribution < -0.4 is 10.6 Å². The molecule has 2 N–H and O–H groups in total. The fourth-order valence-electron chi connectivity index (χ4n) is 3.48. The number of nitrogens with one attached hydrogen (secondary N) is 2. The zero-order valence-corrected chi connectivity index (χ0v) is 22.4. The number of halogens is 2. The van der Waals surface area contributed by atoms with Crippen molar-refractivity contribution < 1.29 is 14.4 Å². The standard InChI is InChI=1S/C31H22BrClN2O3/c32-25-11-6-7-21(19-25)13-18-29(36)22-14-16-26(17-15-22)34-31(38)28(20-24-10-4-5-12-27(24)33)35-30(37)23-8-2-1-3-9-23/h1-20H,(H,34,38)(H,35,37)/b18-13+,28-20-. The highest BCUT2D eigenvalue weighted by Crippen LogP contribution is 2.19. The van der Waals surface area contributed by atoms with E-state index in [1.54, 1.807) is 84.9 Å².